The molecule has 0 fully saturated rings. The third kappa shape index (κ3) is 302. The second-order valence-corrected chi connectivity index (χ2v) is 0.287. The van der Waals surface area contributed by atoms with Crippen LogP contribution in [0.1, 0.15) is 0 Å². The van der Waals surface area contributed by atoms with Crippen LogP contribution in [-0.4, -0.2) is 6.09 Å². The van der Waals surface area contributed by atoms with Crippen LogP contribution in [0.5, 0.6) is 0 Å². The Kier molecular flexibility index (Phi) is 4.50. The molecule has 0 rings (SSSR count). The summed E-state index contributed by atoms with van der Waals surface area (Å²) in [6.45, 7) is 0. The molecular formula is CH2NNaO2. The van der Waals surface area contributed by atoms with Crippen LogP contribution in [0.2, 0.25) is 1.41 Å². The predicted molar refractivity (Wildman–Crippen MR) is 9.58 cm³/mol. The van der Waals surface area contributed by atoms with Gasteiger partial charge in [-0.05, 0) is 0 Å². The molecule has 0 saturated carbocycles. The Hall–Kier alpha value is 0.270. The van der Waals surface area contributed by atoms with Gasteiger partial charge in [-0.1, -0.05) is 0 Å². The zero-order chi connectivity index (χ0) is 4.28. The standard InChI is InChI=1S/CH3NO2.Na/c2-1(3)4;/h2H2,(H,3,4);/q;+1/p-1/i/hT. The molecule has 2 N–H and O–H groups in total. The Balaban J connectivity index is 0. The van der Waals surface area contributed by atoms with Crippen molar-refractivity contribution in [1.82, 2.24) is 0 Å². The summed E-state index contributed by atoms with van der Waals surface area (Å²) >= 11 is 0. The number of amides is 1. The Morgan fingerprint density at radius 1 is 2.20 bits per heavy atom. The Labute approximate surface area is 52.9 Å². The van der Waals surface area contributed by atoms with Crippen molar-refractivity contribution in [3.63, 3.8) is 0 Å². The van der Waals surface area contributed by atoms with Gasteiger partial charge in [-0.3, -0.25) is 0 Å². The maximum Gasteiger partial charge on any atom is 1.00 e. The van der Waals surface area contributed by atoms with Crippen LogP contribution in [0.4, 0.5) is 4.79 Å². The molecule has 0 radical (unpaired) electrons. The van der Waals surface area contributed by atoms with E-state index >= 15 is 0 Å². The Morgan fingerprint density at radius 2 is 2.40 bits per heavy atom. The van der Waals surface area contributed by atoms with E-state index in [1.54, 1.807) is 0 Å². The molecule has 0 unspecified atom stereocenters. The minimum Gasteiger partial charge on any atom is -0.530 e. The molecule has 0 heterocycles. The van der Waals surface area contributed by atoms with E-state index in [0.29, 0.717) is 0 Å². The van der Waals surface area contributed by atoms with E-state index in [2.05, 4.69) is 0 Å². The van der Waals surface area contributed by atoms with E-state index in [4.69, 9.17) is 11.3 Å². The summed E-state index contributed by atoms with van der Waals surface area (Å²) in [6, 6.07) is 0. The van der Waals surface area contributed by atoms with Gasteiger partial charge < -0.3 is 15.6 Å². The average Bonchev–Trinajstić information content (AvgIpc) is 1.38. The number of rotatable bonds is 0. The molecule has 0 aliphatic carbocycles. The molecule has 0 aromatic rings. The van der Waals surface area contributed by atoms with Crippen LogP contribution in [-0.2, 0) is 0 Å². The Morgan fingerprint density at radius 3 is 2.40 bits per heavy atom. The van der Waals surface area contributed by atoms with E-state index in [1.807, 2.05) is 0 Å². The van der Waals surface area contributed by atoms with Gasteiger partial charge >= 0.3 is 29.6 Å². The Bertz CT molecular complexity index is 48.8. The number of carbonyl (C=O) groups excluding carboxylic acids is 1. The monoisotopic (exact) mass is 85.0 g/mol. The molecule has 0 aliphatic rings. The number of hydrogen-bond acceptors (Lipinski definition) is 2. The summed E-state index contributed by atoms with van der Waals surface area (Å²) in [5.74, 6) is 0. The average molecular weight is 85.0 g/mol. The fourth-order valence-corrected chi connectivity index (χ4v) is 0. The quantitative estimate of drug-likeness (QED) is 0.300. The summed E-state index contributed by atoms with van der Waals surface area (Å²) in [4.78, 5) is 8.96. The molecule has 0 bridgehead atoms. The van der Waals surface area contributed by atoms with Gasteiger partial charge in [-0.15, -0.1) is 0 Å². The van der Waals surface area contributed by atoms with Gasteiger partial charge in [-0.25, -0.2) is 0 Å². The van der Waals surface area contributed by atoms with Crippen LogP contribution in [0.3, 0.4) is 0 Å². The summed E-state index contributed by atoms with van der Waals surface area (Å²) in [6.07, 6.45) is -1.58. The first-order valence-corrected chi connectivity index (χ1v) is 0.658. The van der Waals surface area contributed by atoms with Crippen molar-refractivity contribution in [2.24, 2.45) is 5.73 Å². The molecule has 0 aromatic heterocycles. The van der Waals surface area contributed by atoms with Gasteiger partial charge in [0, 0.05) is 0 Å². The number of hydrogen-bond donors (Lipinski definition) is 1. The van der Waals surface area contributed by atoms with Gasteiger partial charge in [0.1, 0.15) is 6.09 Å². The first-order chi connectivity index (χ1) is 2.27. The van der Waals surface area contributed by atoms with Crippen molar-refractivity contribution in [3.8, 4) is 0 Å². The van der Waals surface area contributed by atoms with Crippen molar-refractivity contribution >= 4 is 6.09 Å². The fourth-order valence-electron chi connectivity index (χ4n) is 0. The summed E-state index contributed by atoms with van der Waals surface area (Å²) in [5.41, 5.74) is 1.08. The topological polar surface area (TPSA) is 66.2 Å². The van der Waals surface area contributed by atoms with E-state index in [1.165, 1.54) is 0 Å². The van der Waals surface area contributed by atoms with Crippen molar-refractivity contribution < 1.29 is 40.9 Å². The number of carbonyl (C=O) groups is 1. The van der Waals surface area contributed by atoms with Crippen molar-refractivity contribution in [3.05, 3.63) is 0 Å². The zero-order valence-corrected chi connectivity index (χ0v) is 4.82. The van der Waals surface area contributed by atoms with Gasteiger partial charge in [0.15, 0.2) is 1.41 Å². The molecule has 24 valence electrons. The molecule has 0 aromatic carbocycles. The SMILES string of the molecule is [3H]NC(=O)[O-].[Na+]. The van der Waals surface area contributed by atoms with Crippen LogP contribution >= 0.6 is 0 Å². The molecule has 4 heteroatoms. The molecule has 0 aliphatic heterocycles. The molecule has 5 heavy (non-hydrogen) atoms. The largest absolute Gasteiger partial charge is 1.00 e. The van der Waals surface area contributed by atoms with Gasteiger partial charge in [-0.2, -0.15) is 0 Å². The predicted octanol–water partition coefficient (Wildman–Crippen LogP) is -4.71. The third-order valence-corrected chi connectivity index (χ3v) is 0. The van der Waals surface area contributed by atoms with E-state index in [-0.39, 0.29) is 29.6 Å². The minimum atomic E-state index is -1.58. The number of primary amides is 1. The second kappa shape index (κ2) is 4.27. The maximum absolute atomic E-state index is 8.96. The molecule has 3 nitrogen and oxygen atoms in total. The number of nitrogens with two attached hydrogens (primary N) is 1. The molecule has 1 amide bonds. The van der Waals surface area contributed by atoms with Crippen molar-refractivity contribution in [2.75, 3.05) is 0 Å². The van der Waals surface area contributed by atoms with Crippen LogP contribution in [0.15, 0.2) is 0 Å². The van der Waals surface area contributed by atoms with Gasteiger partial charge in [0.05, 0.1) is 0 Å². The molecular weight excluding hydrogens is 81.0 g/mol. The first-order valence-electron chi connectivity index (χ1n) is 1.16. The minimum absolute atomic E-state index is 0. The van der Waals surface area contributed by atoms with Crippen molar-refractivity contribution in [1.29, 1.82) is 0 Å². The van der Waals surface area contributed by atoms with E-state index < -0.39 is 6.09 Å². The second-order valence-electron chi connectivity index (χ2n) is 0.287. The van der Waals surface area contributed by atoms with E-state index in [9.17, 15) is 0 Å². The van der Waals surface area contributed by atoms with Gasteiger partial charge in [0.25, 0.3) is 0 Å². The molecule has 0 saturated heterocycles. The van der Waals surface area contributed by atoms with Crippen molar-refractivity contribution in [2.45, 2.75) is 0 Å². The van der Waals surface area contributed by atoms with Gasteiger partial charge in [0.2, 0.25) is 0 Å². The zero-order valence-electron chi connectivity index (χ0n) is 3.82. The normalized spacial score (nSPS) is 6.80. The molecule has 0 atom stereocenters. The van der Waals surface area contributed by atoms with Crippen LogP contribution in [0.25, 0.3) is 0 Å². The van der Waals surface area contributed by atoms with Crippen LogP contribution in [0, 0.1) is 0 Å². The first kappa shape index (κ1) is 5.27. The maximum atomic E-state index is 8.96. The third-order valence-electron chi connectivity index (χ3n) is 0. The summed E-state index contributed by atoms with van der Waals surface area (Å²) < 4.78 is 5.75. The van der Waals surface area contributed by atoms with Crippen LogP contribution < -0.4 is 40.4 Å². The smallest absolute Gasteiger partial charge is 0.530 e. The molecule has 0 spiro atoms. The summed E-state index contributed by atoms with van der Waals surface area (Å²) in [5, 5.41) is 8.96. The summed E-state index contributed by atoms with van der Waals surface area (Å²) in [7, 11) is 0. The van der Waals surface area contributed by atoms with E-state index in [0.717, 1.165) is 5.73 Å². The fraction of sp³-hybridized carbons (Fsp3) is 0. The number of carboxylic acid groups (broad SMARTS) is 1.